The third kappa shape index (κ3) is 6.03. The Bertz CT molecular complexity index is 1400. The molecule has 0 fully saturated rings. The Morgan fingerprint density at radius 3 is 2.97 bits per heavy atom. The normalized spacial score (nSPS) is 23.0. The van der Waals surface area contributed by atoms with E-state index in [1.165, 1.54) is 16.7 Å². The van der Waals surface area contributed by atoms with Crippen LogP contribution in [-0.4, -0.2) is 16.8 Å². The van der Waals surface area contributed by atoms with Crippen molar-refractivity contribution < 1.29 is 29.7 Å². The van der Waals surface area contributed by atoms with Gasteiger partial charge in [0.1, 0.15) is 0 Å². The van der Waals surface area contributed by atoms with E-state index in [0.29, 0.717) is 5.70 Å². The van der Waals surface area contributed by atoms with Gasteiger partial charge in [-0.25, -0.2) is 0 Å². The number of aryl methyl sites for hydroxylation is 1. The van der Waals surface area contributed by atoms with Gasteiger partial charge in [0.2, 0.25) is 0 Å². The number of pyridine rings is 1. The van der Waals surface area contributed by atoms with Crippen molar-refractivity contribution in [1.29, 1.82) is 0 Å². The van der Waals surface area contributed by atoms with E-state index in [4.69, 9.17) is 9.60 Å². The zero-order valence-electron chi connectivity index (χ0n) is 24.5. The summed E-state index contributed by atoms with van der Waals surface area (Å²) in [5.41, 5.74) is 4.17. The van der Waals surface area contributed by atoms with Crippen LogP contribution in [0.25, 0.3) is 16.6 Å². The molecular formula is C29H25IrN2S. The molecule has 1 aliphatic carbocycles. The van der Waals surface area contributed by atoms with E-state index in [1.807, 2.05) is 36.4 Å². The molecule has 2 aliphatic rings. The average molecular weight is 633 g/mol. The molecule has 0 saturated carbocycles. The summed E-state index contributed by atoms with van der Waals surface area (Å²) >= 11 is 1.78. The van der Waals surface area contributed by atoms with Crippen molar-refractivity contribution in [3.8, 4) is 11.3 Å². The molecule has 0 bridgehead atoms. The van der Waals surface area contributed by atoms with Gasteiger partial charge in [-0.15, -0.1) is 66.8 Å². The third-order valence-corrected chi connectivity index (χ3v) is 6.31. The van der Waals surface area contributed by atoms with E-state index in [2.05, 4.69) is 40.7 Å². The Morgan fingerprint density at radius 1 is 1.30 bits per heavy atom. The summed E-state index contributed by atoms with van der Waals surface area (Å²) in [5, 5.41) is 4.38. The van der Waals surface area contributed by atoms with E-state index in [-0.39, 0.29) is 42.9 Å². The smallest absolute Gasteiger partial charge is 0.739 e. The van der Waals surface area contributed by atoms with Crippen molar-refractivity contribution >= 4 is 11.8 Å². The topological polar surface area (TPSA) is 27.0 Å². The fraction of sp³-hybridized carbons (Fsp3) is 0.138. The van der Waals surface area contributed by atoms with Gasteiger partial charge < -0.3 is 10.3 Å². The zero-order valence-corrected chi connectivity index (χ0v) is 20.7. The van der Waals surface area contributed by atoms with Gasteiger partial charge in [0.25, 0.3) is 0 Å². The fourth-order valence-corrected chi connectivity index (χ4v) is 4.90. The monoisotopic (exact) mass is 633 g/mol. The van der Waals surface area contributed by atoms with Gasteiger partial charge in [-0.05, 0) is 40.9 Å². The molecule has 1 aromatic heterocycles. The number of nitrogens with zero attached hydrogens (tertiary/aromatic N) is 2. The van der Waals surface area contributed by atoms with Crippen LogP contribution in [0, 0.1) is 19.0 Å². The summed E-state index contributed by atoms with van der Waals surface area (Å²) in [5.74, 6) is 0.0583. The van der Waals surface area contributed by atoms with Crippen molar-refractivity contribution in [3.05, 3.63) is 138 Å². The largest absolute Gasteiger partial charge is 3.00 e. The first-order valence-corrected chi connectivity index (χ1v) is 10.9. The summed E-state index contributed by atoms with van der Waals surface area (Å²) in [6.45, 7) is -1.35. The summed E-state index contributed by atoms with van der Waals surface area (Å²) in [4.78, 5) is 5.34. The second kappa shape index (κ2) is 12.0. The predicted molar refractivity (Wildman–Crippen MR) is 136 cm³/mol. The van der Waals surface area contributed by atoms with Gasteiger partial charge in [-0.2, -0.15) is 30.4 Å². The van der Waals surface area contributed by atoms with Gasteiger partial charge in [0.05, 0.1) is 2.74 Å². The van der Waals surface area contributed by atoms with Crippen LogP contribution < -0.4 is 0 Å². The third-order valence-electron chi connectivity index (χ3n) is 4.98. The van der Waals surface area contributed by atoms with Gasteiger partial charge in [-0.1, -0.05) is 30.3 Å². The molecule has 2 aromatic carbocycles. The number of aromatic nitrogens is 1. The van der Waals surface area contributed by atoms with Gasteiger partial charge >= 0.3 is 20.1 Å². The van der Waals surface area contributed by atoms with Crippen molar-refractivity contribution in [2.75, 3.05) is 6.52 Å². The van der Waals surface area contributed by atoms with E-state index < -0.39 is 13.4 Å². The molecule has 2 heterocycles. The number of benzene rings is 2. The molecule has 5 rings (SSSR count). The van der Waals surface area contributed by atoms with Crippen LogP contribution in [0.3, 0.4) is 0 Å². The Labute approximate surface area is 224 Å². The minimum atomic E-state index is -2.09. The van der Waals surface area contributed by atoms with Crippen LogP contribution in [0.4, 0.5) is 0 Å². The maximum absolute atomic E-state index is 7.83. The van der Waals surface area contributed by atoms with Crippen molar-refractivity contribution in [1.82, 2.24) is 4.98 Å². The van der Waals surface area contributed by atoms with Crippen molar-refractivity contribution in [3.63, 3.8) is 0 Å². The van der Waals surface area contributed by atoms with Gasteiger partial charge in [-0.3, -0.25) is 5.70 Å². The Hall–Kier alpha value is -2.65. The molecule has 1 aliphatic heterocycles. The quantitative estimate of drug-likeness (QED) is 0.216. The number of rotatable bonds is 5. The maximum Gasteiger partial charge on any atom is 3.00 e. The summed E-state index contributed by atoms with van der Waals surface area (Å²) in [6, 6.07) is 21.7. The number of fused-ring (bicyclic) bond motifs is 3. The van der Waals surface area contributed by atoms with Crippen LogP contribution >= 0.6 is 11.8 Å². The fourth-order valence-electron chi connectivity index (χ4n) is 3.54. The molecule has 4 heteroatoms. The first-order valence-electron chi connectivity index (χ1n) is 13.7. The second-order valence-electron chi connectivity index (χ2n) is 7.03. The van der Waals surface area contributed by atoms with Gasteiger partial charge in [0.15, 0.2) is 0 Å². The van der Waals surface area contributed by atoms with E-state index in [9.17, 15) is 0 Å². The summed E-state index contributed by atoms with van der Waals surface area (Å²) in [7, 11) is 0. The van der Waals surface area contributed by atoms with Crippen LogP contribution in [-0.2, 0) is 20.1 Å². The first kappa shape index (κ1) is 16.9. The zero-order chi connectivity index (χ0) is 28.0. The average Bonchev–Trinajstić information content (AvgIpc) is 3.35. The van der Waals surface area contributed by atoms with Crippen molar-refractivity contribution in [2.45, 2.75) is 22.9 Å². The SMILES string of the molecule is [2H]C([2H])([2H])c1ccc(-c2[c-]cccc2)nc1.[2H]C=C([N-]C([2H])C([2H])=C[2H])C1=[C-]C=CC2Sc3ccccc3C12.[Ir+3]. The standard InChI is InChI=1S/C17H15NS.C12H10N.Ir/c1-3-11-18-12(2)13-8-6-10-16-17(13)14-7-4-5-9-15(14)19-16;1-10-7-8-12(13-9-10)11-5-3-2-4-6-11;/h3-7,9-10,16-17H,1-2,11H2;2-5,7-9H,1H3;/q-2;-1;+3/i1D,2D,3D,11D;1D3;. The number of hydrogen-bond acceptors (Lipinski definition) is 2. The molecule has 0 N–H and O–H groups in total. The molecule has 3 unspecified atom stereocenters. The van der Waals surface area contributed by atoms with E-state index >= 15 is 0 Å². The Kier molecular flexibility index (Phi) is 6.14. The van der Waals surface area contributed by atoms with Crippen LogP contribution in [0.2, 0.25) is 0 Å². The van der Waals surface area contributed by atoms with Gasteiger partial charge in [0, 0.05) is 17.9 Å². The van der Waals surface area contributed by atoms with E-state index in [1.54, 1.807) is 30.0 Å². The molecule has 0 saturated heterocycles. The molecule has 2 nitrogen and oxygen atoms in total. The maximum atomic E-state index is 7.83. The molecule has 33 heavy (non-hydrogen) atoms. The molecule has 3 aromatic rings. The second-order valence-corrected chi connectivity index (χ2v) is 8.25. The van der Waals surface area contributed by atoms with Crippen LogP contribution in [0.5, 0.6) is 0 Å². The molecule has 0 amide bonds. The number of allylic oxidation sites excluding steroid dienone is 3. The molecule has 3 atom stereocenters. The van der Waals surface area contributed by atoms with Crippen molar-refractivity contribution in [2.24, 2.45) is 0 Å². The first-order chi connectivity index (χ1) is 18.7. The Balaban J connectivity index is 0.000000229. The van der Waals surface area contributed by atoms with Crippen LogP contribution in [0.15, 0.2) is 114 Å². The molecular weight excluding hydrogens is 601 g/mol. The molecule has 166 valence electrons. The van der Waals surface area contributed by atoms with Crippen LogP contribution in [0.1, 0.15) is 26.6 Å². The minimum Gasteiger partial charge on any atom is -0.739 e. The van der Waals surface area contributed by atoms with E-state index in [0.717, 1.165) is 29.9 Å². The minimum absolute atomic E-state index is 0. The summed E-state index contributed by atoms with van der Waals surface area (Å²) < 4.78 is 51.8. The number of thioether (sulfide) groups is 1. The number of hydrogen-bond donors (Lipinski definition) is 0. The molecule has 0 radical (unpaired) electrons. The predicted octanol–water partition coefficient (Wildman–Crippen LogP) is 7.47. The Morgan fingerprint density at radius 2 is 2.21 bits per heavy atom. The molecule has 0 spiro atoms. The summed E-state index contributed by atoms with van der Waals surface area (Å²) in [6.07, 6.45) is 8.50.